The Balaban J connectivity index is 2.06. The number of aryl methyl sites for hydroxylation is 1. The van der Waals surface area contributed by atoms with Crippen LogP contribution in [0.25, 0.3) is 10.8 Å². The van der Waals surface area contributed by atoms with Crippen molar-refractivity contribution in [3.05, 3.63) is 47.5 Å². The molecule has 108 valence electrons. The Labute approximate surface area is 122 Å². The maximum Gasteiger partial charge on any atom is 0.0796 e. The van der Waals surface area contributed by atoms with Crippen molar-refractivity contribution in [2.45, 2.75) is 58.5 Å². The maximum absolute atomic E-state index is 10.5. The number of aliphatic hydroxyl groups excluding tert-OH is 1. The normalized spacial score (nSPS) is 12.8. The van der Waals surface area contributed by atoms with Gasteiger partial charge in [-0.05, 0) is 35.2 Å². The van der Waals surface area contributed by atoms with Gasteiger partial charge >= 0.3 is 0 Å². The summed E-state index contributed by atoms with van der Waals surface area (Å²) >= 11 is 0. The van der Waals surface area contributed by atoms with Crippen molar-refractivity contribution in [2.24, 2.45) is 0 Å². The summed E-state index contributed by atoms with van der Waals surface area (Å²) < 4.78 is 0. The first-order valence-corrected chi connectivity index (χ1v) is 7.90. The molecular formula is C19H26O. The summed E-state index contributed by atoms with van der Waals surface area (Å²) in [6.45, 7) is 4.36. The van der Waals surface area contributed by atoms with Crippen molar-refractivity contribution in [3.63, 3.8) is 0 Å². The van der Waals surface area contributed by atoms with E-state index in [0.717, 1.165) is 18.4 Å². The van der Waals surface area contributed by atoms with Crippen LogP contribution < -0.4 is 0 Å². The van der Waals surface area contributed by atoms with Gasteiger partial charge in [0.25, 0.3) is 0 Å². The van der Waals surface area contributed by atoms with Crippen LogP contribution in [0.3, 0.4) is 0 Å². The van der Waals surface area contributed by atoms with E-state index in [9.17, 15) is 5.11 Å². The predicted molar refractivity (Wildman–Crippen MR) is 87.0 cm³/mol. The van der Waals surface area contributed by atoms with E-state index in [1.807, 2.05) is 0 Å². The summed E-state index contributed by atoms with van der Waals surface area (Å²) in [7, 11) is 0. The number of hydrogen-bond acceptors (Lipinski definition) is 1. The Hall–Kier alpha value is -1.34. The standard InChI is InChI=1S/C19H26O/c1-3-4-5-6-7-12-19(20)18-14-13-15(2)16-10-8-9-11-17(16)18/h8-11,13-14,19-20H,3-7,12H2,1-2H3. The Kier molecular flexibility index (Phi) is 5.60. The van der Waals surface area contributed by atoms with Crippen molar-refractivity contribution < 1.29 is 5.11 Å². The van der Waals surface area contributed by atoms with Gasteiger partial charge in [0.05, 0.1) is 6.10 Å². The van der Waals surface area contributed by atoms with Crippen LogP contribution >= 0.6 is 0 Å². The van der Waals surface area contributed by atoms with Crippen LogP contribution in [0.15, 0.2) is 36.4 Å². The molecule has 0 aliphatic carbocycles. The highest BCUT2D eigenvalue weighted by Gasteiger charge is 2.11. The fourth-order valence-corrected chi connectivity index (χ4v) is 2.86. The predicted octanol–water partition coefficient (Wildman–Crippen LogP) is 5.54. The summed E-state index contributed by atoms with van der Waals surface area (Å²) in [5, 5.41) is 12.9. The molecule has 2 rings (SSSR count). The maximum atomic E-state index is 10.5. The third-order valence-corrected chi connectivity index (χ3v) is 4.12. The van der Waals surface area contributed by atoms with Crippen LogP contribution in [-0.2, 0) is 0 Å². The Bertz CT molecular complexity index is 544. The van der Waals surface area contributed by atoms with E-state index in [1.54, 1.807) is 0 Å². The van der Waals surface area contributed by atoms with Crippen molar-refractivity contribution >= 4 is 10.8 Å². The van der Waals surface area contributed by atoms with E-state index in [1.165, 1.54) is 42.0 Å². The van der Waals surface area contributed by atoms with Crippen molar-refractivity contribution in [2.75, 3.05) is 0 Å². The van der Waals surface area contributed by atoms with Crippen molar-refractivity contribution in [1.82, 2.24) is 0 Å². The molecule has 0 spiro atoms. The molecule has 0 radical (unpaired) electrons. The largest absolute Gasteiger partial charge is 0.388 e. The minimum absolute atomic E-state index is 0.331. The first kappa shape index (κ1) is 15.1. The van der Waals surface area contributed by atoms with Crippen LogP contribution in [0.4, 0.5) is 0 Å². The van der Waals surface area contributed by atoms with Gasteiger partial charge in [0, 0.05) is 0 Å². The van der Waals surface area contributed by atoms with E-state index in [4.69, 9.17) is 0 Å². The Morgan fingerprint density at radius 1 is 0.900 bits per heavy atom. The molecule has 1 N–H and O–H groups in total. The molecular weight excluding hydrogens is 244 g/mol. The van der Waals surface area contributed by atoms with Crippen molar-refractivity contribution in [3.8, 4) is 0 Å². The second kappa shape index (κ2) is 7.44. The monoisotopic (exact) mass is 270 g/mol. The average molecular weight is 270 g/mol. The first-order chi connectivity index (χ1) is 9.74. The lowest BCUT2D eigenvalue weighted by Gasteiger charge is -2.15. The van der Waals surface area contributed by atoms with Crippen LogP contribution in [-0.4, -0.2) is 5.11 Å². The van der Waals surface area contributed by atoms with Gasteiger partial charge in [-0.25, -0.2) is 0 Å². The van der Waals surface area contributed by atoms with Crippen LogP contribution in [0.5, 0.6) is 0 Å². The molecule has 1 atom stereocenters. The number of unbranched alkanes of at least 4 members (excludes halogenated alkanes) is 4. The van der Waals surface area contributed by atoms with E-state index < -0.39 is 0 Å². The van der Waals surface area contributed by atoms with Crippen molar-refractivity contribution in [1.29, 1.82) is 0 Å². The lowest BCUT2D eigenvalue weighted by atomic mass is 9.94. The number of rotatable bonds is 7. The lowest BCUT2D eigenvalue weighted by molar-refractivity contribution is 0.165. The third kappa shape index (κ3) is 3.61. The molecule has 20 heavy (non-hydrogen) atoms. The molecule has 0 aromatic heterocycles. The zero-order valence-electron chi connectivity index (χ0n) is 12.7. The molecule has 0 heterocycles. The van der Waals surface area contributed by atoms with Gasteiger partial charge in [-0.15, -0.1) is 0 Å². The second-order valence-corrected chi connectivity index (χ2v) is 5.74. The fourth-order valence-electron chi connectivity index (χ4n) is 2.86. The Morgan fingerprint density at radius 3 is 2.35 bits per heavy atom. The smallest absolute Gasteiger partial charge is 0.0796 e. The van der Waals surface area contributed by atoms with Gasteiger partial charge in [0.1, 0.15) is 0 Å². The van der Waals surface area contributed by atoms with Crippen LogP contribution in [0.2, 0.25) is 0 Å². The molecule has 0 saturated heterocycles. The number of fused-ring (bicyclic) bond motifs is 1. The van der Waals surface area contributed by atoms with Gasteiger partial charge in [-0.2, -0.15) is 0 Å². The Morgan fingerprint density at radius 2 is 1.60 bits per heavy atom. The van der Waals surface area contributed by atoms with Crippen LogP contribution in [0, 0.1) is 6.92 Å². The topological polar surface area (TPSA) is 20.2 Å². The van der Waals surface area contributed by atoms with Gasteiger partial charge in [0.15, 0.2) is 0 Å². The molecule has 0 saturated carbocycles. The van der Waals surface area contributed by atoms with E-state index in [2.05, 4.69) is 50.2 Å². The molecule has 0 fully saturated rings. The second-order valence-electron chi connectivity index (χ2n) is 5.74. The van der Waals surface area contributed by atoms with E-state index in [-0.39, 0.29) is 6.10 Å². The average Bonchev–Trinajstić information content (AvgIpc) is 2.47. The highest BCUT2D eigenvalue weighted by atomic mass is 16.3. The zero-order valence-corrected chi connectivity index (χ0v) is 12.7. The molecule has 1 unspecified atom stereocenters. The molecule has 2 aromatic rings. The molecule has 1 heteroatoms. The molecule has 1 nitrogen and oxygen atoms in total. The summed E-state index contributed by atoms with van der Waals surface area (Å²) in [6.07, 6.45) is 6.75. The molecule has 0 aliphatic heterocycles. The quantitative estimate of drug-likeness (QED) is 0.655. The minimum atomic E-state index is -0.331. The van der Waals surface area contributed by atoms with E-state index in [0.29, 0.717) is 0 Å². The summed E-state index contributed by atoms with van der Waals surface area (Å²) in [5.74, 6) is 0. The summed E-state index contributed by atoms with van der Waals surface area (Å²) in [5.41, 5.74) is 2.36. The van der Waals surface area contributed by atoms with Gasteiger partial charge in [-0.3, -0.25) is 0 Å². The summed E-state index contributed by atoms with van der Waals surface area (Å²) in [6, 6.07) is 12.6. The summed E-state index contributed by atoms with van der Waals surface area (Å²) in [4.78, 5) is 0. The first-order valence-electron chi connectivity index (χ1n) is 7.90. The molecule has 0 bridgehead atoms. The minimum Gasteiger partial charge on any atom is -0.388 e. The number of benzene rings is 2. The van der Waals surface area contributed by atoms with Crippen LogP contribution in [0.1, 0.15) is 62.7 Å². The SMILES string of the molecule is CCCCCCCC(O)c1ccc(C)c2ccccc12. The highest BCUT2D eigenvalue weighted by molar-refractivity contribution is 5.88. The third-order valence-electron chi connectivity index (χ3n) is 4.12. The molecule has 0 aliphatic rings. The number of hydrogen-bond donors (Lipinski definition) is 1. The van der Waals surface area contributed by atoms with E-state index >= 15 is 0 Å². The zero-order chi connectivity index (χ0) is 14.4. The molecule has 2 aromatic carbocycles. The molecule has 0 amide bonds. The van der Waals surface area contributed by atoms with Gasteiger partial charge in [0.2, 0.25) is 0 Å². The highest BCUT2D eigenvalue weighted by Crippen LogP contribution is 2.29. The van der Waals surface area contributed by atoms with Gasteiger partial charge in [-0.1, -0.05) is 75.4 Å². The lowest BCUT2D eigenvalue weighted by Crippen LogP contribution is -1.99. The number of aliphatic hydroxyl groups is 1. The fraction of sp³-hybridized carbons (Fsp3) is 0.474. The van der Waals surface area contributed by atoms with Gasteiger partial charge < -0.3 is 5.11 Å².